The molecule has 1 N–H and O–H groups in total. The third-order valence-corrected chi connectivity index (χ3v) is 13.7. The van der Waals surface area contributed by atoms with Crippen molar-refractivity contribution < 1.29 is 26.7 Å². The van der Waals surface area contributed by atoms with Crippen LogP contribution in [0.25, 0.3) is 32.3 Å². The fourth-order valence-electron chi connectivity index (χ4n) is 6.91. The Hall–Kier alpha value is -5.13. The minimum atomic E-state index is -4.72. The highest BCUT2D eigenvalue weighted by Gasteiger charge is 2.40. The van der Waals surface area contributed by atoms with E-state index in [4.69, 9.17) is 0 Å². The van der Waals surface area contributed by atoms with E-state index < -0.39 is 26.1 Å². The van der Waals surface area contributed by atoms with Crippen LogP contribution in [0.1, 0.15) is 20.8 Å². The predicted molar refractivity (Wildman–Crippen MR) is 199 cm³/mol. The van der Waals surface area contributed by atoms with Gasteiger partial charge in [-0.2, -0.15) is 3.71 Å². The Morgan fingerprint density at radius 2 is 1.16 bits per heavy atom. The number of carbonyl (C=O) groups is 1. The van der Waals surface area contributed by atoms with Crippen molar-refractivity contribution in [3.05, 3.63) is 121 Å². The van der Waals surface area contributed by atoms with Crippen LogP contribution in [-0.4, -0.2) is 58.6 Å². The Morgan fingerprint density at radius 1 is 0.660 bits per heavy atom. The van der Waals surface area contributed by atoms with Gasteiger partial charge in [0.25, 0.3) is 20.0 Å². The van der Waals surface area contributed by atoms with E-state index in [1.54, 1.807) is 60.7 Å². The van der Waals surface area contributed by atoms with Crippen molar-refractivity contribution in [3.8, 4) is 0 Å². The standard InChI is InChI=1S/C39H37N3O6S2/c1-39(2,3)37-26-40(22-23-41(37)38(43)44)35-20-21-36(34-15-9-8-14-33(34)35)42(49(45,46)31-18-16-27-10-4-6-12-29(27)24-31)50(47,48)32-19-17-28-11-5-7-13-30(28)25-32/h4-21,24-25,37H,22-23,26H2,1-3H3,(H,43,44). The van der Waals surface area contributed by atoms with E-state index in [-0.39, 0.29) is 33.5 Å². The van der Waals surface area contributed by atoms with Gasteiger partial charge in [-0.05, 0) is 63.4 Å². The first-order chi connectivity index (χ1) is 23.8. The van der Waals surface area contributed by atoms with E-state index in [9.17, 15) is 26.7 Å². The molecular formula is C39H37N3O6S2. The Labute approximate surface area is 292 Å². The second-order valence-electron chi connectivity index (χ2n) is 13.7. The quantitative estimate of drug-likeness (QED) is 0.187. The van der Waals surface area contributed by atoms with E-state index in [0.717, 1.165) is 16.5 Å². The molecule has 0 spiro atoms. The number of benzene rings is 6. The first-order valence-corrected chi connectivity index (χ1v) is 19.2. The van der Waals surface area contributed by atoms with E-state index in [0.29, 0.717) is 38.3 Å². The van der Waals surface area contributed by atoms with Crippen molar-refractivity contribution in [1.82, 2.24) is 4.90 Å². The summed E-state index contributed by atoms with van der Waals surface area (Å²) in [5, 5.41) is 14.0. The van der Waals surface area contributed by atoms with Crippen LogP contribution >= 0.6 is 0 Å². The third-order valence-electron chi connectivity index (χ3n) is 9.52. The van der Waals surface area contributed by atoms with Crippen molar-refractivity contribution >= 4 is 69.8 Å². The highest BCUT2D eigenvalue weighted by Crippen LogP contribution is 2.41. The number of amides is 1. The van der Waals surface area contributed by atoms with Gasteiger partial charge in [0.1, 0.15) is 0 Å². The zero-order valence-electron chi connectivity index (χ0n) is 27.9. The number of piperazine rings is 1. The molecule has 1 amide bonds. The fourth-order valence-corrected chi connectivity index (χ4v) is 10.7. The zero-order valence-corrected chi connectivity index (χ0v) is 29.5. The minimum absolute atomic E-state index is 0.0118. The van der Waals surface area contributed by atoms with Gasteiger partial charge in [0.05, 0.1) is 21.5 Å². The lowest BCUT2D eigenvalue weighted by Gasteiger charge is -2.47. The number of sulfonamides is 2. The second-order valence-corrected chi connectivity index (χ2v) is 17.5. The number of nitrogens with zero attached hydrogens (tertiary/aromatic N) is 3. The van der Waals surface area contributed by atoms with Gasteiger partial charge >= 0.3 is 6.09 Å². The van der Waals surface area contributed by atoms with Crippen molar-refractivity contribution in [2.75, 3.05) is 28.2 Å². The number of hydrogen-bond donors (Lipinski definition) is 1. The topological polar surface area (TPSA) is 115 Å². The molecule has 1 atom stereocenters. The molecule has 7 rings (SSSR count). The zero-order chi connectivity index (χ0) is 35.4. The largest absolute Gasteiger partial charge is 0.465 e. The minimum Gasteiger partial charge on any atom is -0.465 e. The Bertz CT molecular complexity index is 2400. The van der Waals surface area contributed by atoms with Crippen LogP contribution in [0.4, 0.5) is 16.2 Å². The highest BCUT2D eigenvalue weighted by atomic mass is 32.3. The average molecular weight is 708 g/mol. The molecule has 1 unspecified atom stereocenters. The summed E-state index contributed by atoms with van der Waals surface area (Å²) >= 11 is 0. The molecule has 1 aliphatic heterocycles. The first kappa shape index (κ1) is 33.4. The molecular weight excluding hydrogens is 671 g/mol. The maximum absolute atomic E-state index is 14.8. The molecule has 50 heavy (non-hydrogen) atoms. The molecule has 0 aliphatic carbocycles. The summed E-state index contributed by atoms with van der Waals surface area (Å²) in [6.07, 6.45) is -0.974. The van der Waals surface area contributed by atoms with Gasteiger partial charge in [-0.1, -0.05) is 106 Å². The number of carboxylic acid groups (broad SMARTS) is 1. The van der Waals surface area contributed by atoms with Crippen LogP contribution in [0.5, 0.6) is 0 Å². The highest BCUT2D eigenvalue weighted by molar-refractivity contribution is 8.10. The smallest absolute Gasteiger partial charge is 0.407 e. The SMILES string of the molecule is CC(C)(C)C1CN(c2ccc(N(S(=O)(=O)c3ccc4ccccc4c3)S(=O)(=O)c3ccc4ccccc4c3)c3ccccc23)CCN1C(=O)O. The van der Waals surface area contributed by atoms with E-state index in [1.165, 1.54) is 29.2 Å². The predicted octanol–water partition coefficient (Wildman–Crippen LogP) is 7.95. The van der Waals surface area contributed by atoms with Crippen LogP contribution < -0.4 is 8.61 Å². The molecule has 0 radical (unpaired) electrons. The van der Waals surface area contributed by atoms with Gasteiger partial charge in [0, 0.05) is 36.1 Å². The molecule has 11 heteroatoms. The second kappa shape index (κ2) is 12.3. The number of hydrogen-bond acceptors (Lipinski definition) is 6. The van der Waals surface area contributed by atoms with Crippen LogP contribution in [0.2, 0.25) is 0 Å². The van der Waals surface area contributed by atoms with E-state index in [1.807, 2.05) is 57.2 Å². The summed E-state index contributed by atoms with van der Waals surface area (Å²) in [7, 11) is -9.44. The lowest BCUT2D eigenvalue weighted by atomic mass is 9.84. The number of fused-ring (bicyclic) bond motifs is 3. The van der Waals surface area contributed by atoms with Crippen LogP contribution in [0.15, 0.2) is 131 Å². The molecule has 9 nitrogen and oxygen atoms in total. The van der Waals surface area contributed by atoms with Crippen LogP contribution in [0.3, 0.4) is 0 Å². The lowest BCUT2D eigenvalue weighted by Crippen LogP contribution is -2.59. The summed E-state index contributed by atoms with van der Waals surface area (Å²) in [5.41, 5.74) is 0.392. The van der Waals surface area contributed by atoms with E-state index in [2.05, 4.69) is 4.90 Å². The van der Waals surface area contributed by atoms with Crippen molar-refractivity contribution in [3.63, 3.8) is 0 Å². The van der Waals surface area contributed by atoms with Crippen molar-refractivity contribution in [1.29, 1.82) is 0 Å². The van der Waals surface area contributed by atoms with Crippen LogP contribution in [-0.2, 0) is 20.0 Å². The molecule has 1 heterocycles. The summed E-state index contributed by atoms with van der Waals surface area (Å²) in [4.78, 5) is 15.4. The van der Waals surface area contributed by atoms with Crippen molar-refractivity contribution in [2.45, 2.75) is 36.6 Å². The first-order valence-electron chi connectivity index (χ1n) is 16.3. The summed E-state index contributed by atoms with van der Waals surface area (Å²) in [6, 6.07) is 33.9. The molecule has 256 valence electrons. The lowest BCUT2D eigenvalue weighted by molar-refractivity contribution is 0.0749. The van der Waals surface area contributed by atoms with Gasteiger partial charge in [-0.25, -0.2) is 21.6 Å². The Kier molecular flexibility index (Phi) is 8.23. The monoisotopic (exact) mass is 707 g/mol. The maximum atomic E-state index is 14.8. The number of anilines is 2. The maximum Gasteiger partial charge on any atom is 0.407 e. The molecule has 0 aromatic heterocycles. The van der Waals surface area contributed by atoms with Gasteiger partial charge in [-0.15, -0.1) is 0 Å². The molecule has 1 aliphatic rings. The van der Waals surface area contributed by atoms with Crippen LogP contribution in [0, 0.1) is 5.41 Å². The fraction of sp³-hybridized carbons (Fsp3) is 0.205. The van der Waals surface area contributed by atoms with E-state index >= 15 is 0 Å². The van der Waals surface area contributed by atoms with Crippen molar-refractivity contribution in [2.24, 2.45) is 5.41 Å². The van der Waals surface area contributed by atoms with Gasteiger partial charge < -0.3 is 14.9 Å². The Balaban J connectivity index is 1.43. The summed E-state index contributed by atoms with van der Waals surface area (Å²) < 4.78 is 59.8. The molecule has 6 aromatic carbocycles. The van der Waals surface area contributed by atoms with Gasteiger partial charge in [-0.3, -0.25) is 0 Å². The van der Waals surface area contributed by atoms with Gasteiger partial charge in [0.15, 0.2) is 0 Å². The molecule has 6 aromatic rings. The Morgan fingerprint density at radius 3 is 1.68 bits per heavy atom. The van der Waals surface area contributed by atoms with Gasteiger partial charge in [0.2, 0.25) is 0 Å². The number of rotatable bonds is 6. The third kappa shape index (κ3) is 5.80. The normalized spacial score (nSPS) is 15.9. The molecule has 1 saturated heterocycles. The molecule has 1 fully saturated rings. The molecule has 0 bridgehead atoms. The average Bonchev–Trinajstić information content (AvgIpc) is 3.10. The molecule has 0 saturated carbocycles. The summed E-state index contributed by atoms with van der Waals surface area (Å²) in [5.74, 6) is 0. The summed E-state index contributed by atoms with van der Waals surface area (Å²) in [6.45, 7) is 7.12.